The van der Waals surface area contributed by atoms with E-state index in [9.17, 15) is 18.0 Å². The first-order valence-corrected chi connectivity index (χ1v) is 13.7. The molecule has 0 bridgehead atoms. The Morgan fingerprint density at radius 3 is 2.27 bits per heavy atom. The average Bonchev–Trinajstić information content (AvgIpc) is 2.76. The van der Waals surface area contributed by atoms with Gasteiger partial charge in [0.1, 0.15) is 11.3 Å². The third-order valence-corrected chi connectivity index (χ3v) is 8.41. The van der Waals surface area contributed by atoms with Gasteiger partial charge in [0.25, 0.3) is 0 Å². The minimum atomic E-state index is -3.64. The summed E-state index contributed by atoms with van der Waals surface area (Å²) in [6.45, 7) is 5.26. The number of nitrogens with one attached hydrogen (secondary N) is 1. The summed E-state index contributed by atoms with van der Waals surface area (Å²) < 4.78 is 32.0. The van der Waals surface area contributed by atoms with Crippen LogP contribution in [0.4, 0.5) is 5.69 Å². The maximum Gasteiger partial charge on any atom is 0.247 e. The number of sulfonamides is 1. The highest BCUT2D eigenvalue weighted by molar-refractivity contribution is 7.89. The Kier molecular flexibility index (Phi) is 8.39. The van der Waals surface area contributed by atoms with Gasteiger partial charge >= 0.3 is 0 Å². The van der Waals surface area contributed by atoms with Crippen LogP contribution in [0.5, 0.6) is 5.75 Å². The quantitative estimate of drug-likeness (QED) is 0.648. The van der Waals surface area contributed by atoms with Crippen molar-refractivity contribution in [2.45, 2.75) is 77.3 Å². The highest BCUT2D eigenvalue weighted by Gasteiger charge is 2.51. The monoisotopic (exact) mass is 479 g/mol. The summed E-state index contributed by atoms with van der Waals surface area (Å²) >= 11 is 0. The van der Waals surface area contributed by atoms with Crippen molar-refractivity contribution >= 4 is 27.5 Å². The maximum atomic E-state index is 13.7. The molecule has 0 spiro atoms. The van der Waals surface area contributed by atoms with Crippen LogP contribution < -0.4 is 15.0 Å². The smallest absolute Gasteiger partial charge is 0.247 e. The van der Waals surface area contributed by atoms with Crippen molar-refractivity contribution in [3.8, 4) is 5.75 Å². The molecule has 33 heavy (non-hydrogen) atoms. The molecule has 0 aromatic heterocycles. The van der Waals surface area contributed by atoms with E-state index in [4.69, 9.17) is 4.74 Å². The number of benzene rings is 1. The number of carbonyl (C=O) groups is 2. The molecule has 1 N–H and O–H groups in total. The van der Waals surface area contributed by atoms with Gasteiger partial charge < -0.3 is 10.1 Å². The topological polar surface area (TPSA) is 96.0 Å². The van der Waals surface area contributed by atoms with Crippen LogP contribution in [0.1, 0.15) is 65.7 Å². The highest BCUT2D eigenvalue weighted by Crippen LogP contribution is 2.32. The lowest BCUT2D eigenvalue weighted by molar-refractivity contribution is -0.133. The van der Waals surface area contributed by atoms with Gasteiger partial charge in [0, 0.05) is 18.3 Å². The normalized spacial score (nSPS) is 23.6. The summed E-state index contributed by atoms with van der Waals surface area (Å²) in [4.78, 5) is 28.5. The fraction of sp³-hybridized carbons (Fsp3) is 0.667. The Morgan fingerprint density at radius 1 is 1.09 bits per heavy atom. The molecule has 1 saturated heterocycles. The molecule has 8 nitrogen and oxygen atoms in total. The third kappa shape index (κ3) is 5.87. The number of ether oxygens (including phenoxy) is 1. The average molecular weight is 480 g/mol. The number of nitrogens with zero attached hydrogens (tertiary/aromatic N) is 2. The van der Waals surface area contributed by atoms with Gasteiger partial charge in [-0.15, -0.1) is 0 Å². The minimum absolute atomic E-state index is 0.0325. The first-order chi connectivity index (χ1) is 15.7. The molecule has 2 fully saturated rings. The molecule has 0 radical (unpaired) electrons. The number of amides is 2. The second-order valence-electron chi connectivity index (χ2n) is 9.11. The summed E-state index contributed by atoms with van der Waals surface area (Å²) in [6, 6.07) is 7.04. The Labute approximate surface area is 197 Å². The molecular weight excluding hydrogens is 442 g/mol. The molecule has 1 aliphatic carbocycles. The molecule has 1 aromatic carbocycles. The largest absolute Gasteiger partial charge is 0.494 e. The minimum Gasteiger partial charge on any atom is -0.494 e. The number of carbonyl (C=O) groups excluding carboxylic acids is 2. The van der Waals surface area contributed by atoms with E-state index >= 15 is 0 Å². The molecule has 9 heteroatoms. The number of rotatable bonds is 7. The summed E-state index contributed by atoms with van der Waals surface area (Å²) in [5.41, 5.74) is -0.820. The molecule has 184 valence electrons. The van der Waals surface area contributed by atoms with Crippen molar-refractivity contribution in [1.29, 1.82) is 0 Å². The van der Waals surface area contributed by atoms with Crippen molar-refractivity contribution < 1.29 is 22.7 Å². The first kappa shape index (κ1) is 25.5. The maximum absolute atomic E-state index is 13.7. The Balaban J connectivity index is 1.93. The van der Waals surface area contributed by atoms with E-state index in [-0.39, 0.29) is 30.8 Å². The summed E-state index contributed by atoms with van der Waals surface area (Å²) in [5, 5.41) is 3.16. The van der Waals surface area contributed by atoms with Gasteiger partial charge in [-0.2, -0.15) is 4.31 Å². The Morgan fingerprint density at radius 2 is 1.70 bits per heavy atom. The van der Waals surface area contributed by atoms with Crippen LogP contribution in [0.25, 0.3) is 0 Å². The van der Waals surface area contributed by atoms with Gasteiger partial charge in [-0.1, -0.05) is 32.1 Å². The zero-order valence-electron chi connectivity index (χ0n) is 20.0. The molecule has 2 aliphatic rings. The van der Waals surface area contributed by atoms with Crippen LogP contribution in [-0.2, 0) is 19.6 Å². The first-order valence-electron chi connectivity index (χ1n) is 12.1. The summed E-state index contributed by atoms with van der Waals surface area (Å²) in [5.74, 6) is -0.186. The predicted octanol–water partition coefficient (Wildman–Crippen LogP) is 3.07. The number of piperazine rings is 1. The van der Waals surface area contributed by atoms with Crippen molar-refractivity contribution in [3.63, 3.8) is 0 Å². The molecule has 1 atom stereocenters. The fourth-order valence-electron chi connectivity index (χ4n) is 4.75. The standard InChI is InChI=1S/C24H37N3O5S/c1-4-32-21-15-13-20(14-16-21)27-22(28)17-26(33(30,31)5-2)18-24(27,3)23(29)25-19-11-9-7-6-8-10-12-19/h13-16,19H,4-12,17-18H2,1-3H3,(H,25,29). The Bertz CT molecular complexity index is 926. The molecular formula is C24H37N3O5S. The lowest BCUT2D eigenvalue weighted by Gasteiger charge is -2.47. The Hall–Kier alpha value is -2.13. The molecule has 1 aliphatic heterocycles. The van der Waals surface area contributed by atoms with Crippen molar-refractivity contribution in [3.05, 3.63) is 24.3 Å². The molecule has 3 rings (SSSR count). The van der Waals surface area contributed by atoms with E-state index in [0.717, 1.165) is 42.8 Å². The van der Waals surface area contributed by atoms with Gasteiger partial charge in [0.05, 0.1) is 18.9 Å². The van der Waals surface area contributed by atoms with Crippen LogP contribution in [0.2, 0.25) is 0 Å². The van der Waals surface area contributed by atoms with Gasteiger partial charge in [0.15, 0.2) is 0 Å². The molecule has 1 saturated carbocycles. The van der Waals surface area contributed by atoms with Crippen molar-refractivity contribution in [2.75, 3.05) is 30.3 Å². The fourth-order valence-corrected chi connectivity index (χ4v) is 5.87. The molecule has 2 amide bonds. The van der Waals surface area contributed by atoms with Crippen LogP contribution in [0.3, 0.4) is 0 Å². The van der Waals surface area contributed by atoms with Crippen LogP contribution >= 0.6 is 0 Å². The number of hydrogen-bond donors (Lipinski definition) is 1. The van der Waals surface area contributed by atoms with E-state index in [1.807, 2.05) is 6.92 Å². The van der Waals surface area contributed by atoms with E-state index in [1.54, 1.807) is 38.1 Å². The van der Waals surface area contributed by atoms with Gasteiger partial charge in [-0.05, 0) is 57.9 Å². The van der Waals surface area contributed by atoms with E-state index in [2.05, 4.69) is 5.32 Å². The molecule has 1 aromatic rings. The van der Waals surface area contributed by atoms with Crippen LogP contribution in [0.15, 0.2) is 24.3 Å². The zero-order chi connectivity index (χ0) is 24.1. The SMILES string of the molecule is CCOc1ccc(N2C(=O)CN(S(=O)(=O)CC)CC2(C)C(=O)NC2CCCCCCC2)cc1. The van der Waals surface area contributed by atoms with Gasteiger partial charge in [-0.3, -0.25) is 14.5 Å². The lowest BCUT2D eigenvalue weighted by Crippen LogP contribution is -2.70. The van der Waals surface area contributed by atoms with Gasteiger partial charge in [-0.25, -0.2) is 8.42 Å². The second kappa shape index (κ2) is 10.9. The highest BCUT2D eigenvalue weighted by atomic mass is 32.2. The van der Waals surface area contributed by atoms with Gasteiger partial charge in [0.2, 0.25) is 21.8 Å². The second-order valence-corrected chi connectivity index (χ2v) is 11.4. The molecule has 1 heterocycles. The number of anilines is 1. The van der Waals surface area contributed by atoms with Crippen molar-refractivity contribution in [2.24, 2.45) is 0 Å². The van der Waals surface area contributed by atoms with E-state index in [0.29, 0.717) is 18.0 Å². The van der Waals surface area contributed by atoms with Crippen LogP contribution in [0, 0.1) is 0 Å². The van der Waals surface area contributed by atoms with Crippen molar-refractivity contribution in [1.82, 2.24) is 9.62 Å². The summed E-state index contributed by atoms with van der Waals surface area (Å²) in [6.07, 6.45) is 7.44. The lowest BCUT2D eigenvalue weighted by atomic mass is 9.92. The van der Waals surface area contributed by atoms with Crippen LogP contribution in [-0.4, -0.2) is 61.6 Å². The number of hydrogen-bond acceptors (Lipinski definition) is 5. The van der Waals surface area contributed by atoms with E-state index in [1.165, 1.54) is 11.3 Å². The predicted molar refractivity (Wildman–Crippen MR) is 129 cm³/mol. The third-order valence-electron chi connectivity index (χ3n) is 6.63. The molecule has 1 unspecified atom stereocenters. The summed E-state index contributed by atoms with van der Waals surface area (Å²) in [7, 11) is -3.64. The van der Waals surface area contributed by atoms with E-state index < -0.39 is 21.5 Å². The zero-order valence-corrected chi connectivity index (χ0v) is 20.8.